The van der Waals surface area contributed by atoms with Crippen LogP contribution in [0.3, 0.4) is 0 Å². The predicted molar refractivity (Wildman–Crippen MR) is 71.4 cm³/mol. The molecule has 0 saturated carbocycles. The van der Waals surface area contributed by atoms with Gasteiger partial charge in [-0.25, -0.2) is 18.1 Å². The molecule has 2 heterocycles. The summed E-state index contributed by atoms with van der Waals surface area (Å²) in [5.74, 6) is -0.786. The second kappa shape index (κ2) is 5.59. The van der Waals surface area contributed by atoms with E-state index in [1.165, 1.54) is 33.6 Å². The molecular formula is C10H10N2O3S3. The molecule has 0 fully saturated rings. The van der Waals surface area contributed by atoms with Gasteiger partial charge in [-0.3, -0.25) is 4.79 Å². The van der Waals surface area contributed by atoms with Crippen molar-refractivity contribution in [2.45, 2.75) is 6.42 Å². The Labute approximate surface area is 113 Å². The summed E-state index contributed by atoms with van der Waals surface area (Å²) in [6.45, 7) is 0. The van der Waals surface area contributed by atoms with Gasteiger partial charge >= 0.3 is 0 Å². The molecule has 0 aliphatic heterocycles. The maximum Gasteiger partial charge on any atom is 0.284 e. The Morgan fingerprint density at radius 3 is 2.89 bits per heavy atom. The summed E-state index contributed by atoms with van der Waals surface area (Å²) < 4.78 is 25.4. The van der Waals surface area contributed by atoms with Crippen molar-refractivity contribution in [3.05, 3.63) is 39.0 Å². The zero-order valence-corrected chi connectivity index (χ0v) is 11.6. The molecule has 1 amide bonds. The van der Waals surface area contributed by atoms with Crippen LogP contribution in [-0.2, 0) is 16.4 Å². The molecule has 0 spiro atoms. The van der Waals surface area contributed by atoms with Gasteiger partial charge in [0.2, 0.25) is 10.0 Å². The number of sulfonamides is 1. The molecule has 0 aliphatic rings. The average Bonchev–Trinajstić information content (AvgIpc) is 2.99. The SMILES string of the molecule is O=C(NS(=O)(=O)CCc1cccs1)c1cscn1. The maximum atomic E-state index is 11.7. The third-order valence-corrected chi connectivity index (χ3v) is 4.87. The van der Waals surface area contributed by atoms with Crippen LogP contribution in [-0.4, -0.2) is 25.1 Å². The largest absolute Gasteiger partial charge is 0.284 e. The lowest BCUT2D eigenvalue weighted by Crippen LogP contribution is -2.33. The molecule has 0 atom stereocenters. The summed E-state index contributed by atoms with van der Waals surface area (Å²) >= 11 is 2.73. The molecule has 96 valence electrons. The summed E-state index contributed by atoms with van der Waals surface area (Å²) in [5, 5.41) is 3.39. The number of rotatable bonds is 5. The van der Waals surface area contributed by atoms with Crippen molar-refractivity contribution in [3.63, 3.8) is 0 Å². The van der Waals surface area contributed by atoms with Gasteiger partial charge in [-0.2, -0.15) is 0 Å². The first kappa shape index (κ1) is 13.2. The van der Waals surface area contributed by atoms with Crippen molar-refractivity contribution >= 4 is 38.6 Å². The Bertz CT molecular complexity index is 603. The lowest BCUT2D eigenvalue weighted by Gasteiger charge is -2.04. The second-order valence-electron chi connectivity index (χ2n) is 3.45. The van der Waals surface area contributed by atoms with Crippen LogP contribution in [0.5, 0.6) is 0 Å². The third-order valence-electron chi connectivity index (χ3n) is 2.11. The fraction of sp³-hybridized carbons (Fsp3) is 0.200. The summed E-state index contributed by atoms with van der Waals surface area (Å²) in [6.07, 6.45) is 0.400. The Kier molecular flexibility index (Phi) is 4.10. The molecule has 0 aliphatic carbocycles. The smallest absolute Gasteiger partial charge is 0.266 e. The number of carbonyl (C=O) groups is 1. The molecule has 1 N–H and O–H groups in total. The molecule has 0 radical (unpaired) electrons. The van der Waals surface area contributed by atoms with Gasteiger partial charge < -0.3 is 0 Å². The highest BCUT2D eigenvalue weighted by Crippen LogP contribution is 2.10. The standard InChI is InChI=1S/C10H10N2O3S3/c13-10(9-6-16-7-11-9)12-18(14,15)5-3-8-2-1-4-17-8/h1-2,4,6-7H,3,5H2,(H,12,13). The number of aromatic nitrogens is 1. The van der Waals surface area contributed by atoms with Crippen LogP contribution in [0, 0.1) is 0 Å². The van der Waals surface area contributed by atoms with E-state index in [-0.39, 0.29) is 11.4 Å². The number of thiazole rings is 1. The minimum atomic E-state index is -3.61. The Hall–Kier alpha value is -1.25. The van der Waals surface area contributed by atoms with Crippen LogP contribution < -0.4 is 4.72 Å². The van der Waals surface area contributed by atoms with Crippen molar-refractivity contribution in [2.24, 2.45) is 0 Å². The van der Waals surface area contributed by atoms with E-state index in [9.17, 15) is 13.2 Å². The highest BCUT2D eigenvalue weighted by atomic mass is 32.2. The van der Waals surface area contributed by atoms with Gasteiger partial charge in [-0.05, 0) is 17.9 Å². The Morgan fingerprint density at radius 1 is 1.44 bits per heavy atom. The molecule has 2 aromatic rings. The minimum absolute atomic E-state index is 0.108. The highest BCUT2D eigenvalue weighted by Gasteiger charge is 2.17. The third kappa shape index (κ3) is 3.62. The number of nitrogens with one attached hydrogen (secondary N) is 1. The molecule has 0 unspecified atom stereocenters. The molecule has 0 saturated heterocycles. The summed E-state index contributed by atoms with van der Waals surface area (Å²) in [4.78, 5) is 16.3. The summed E-state index contributed by atoms with van der Waals surface area (Å²) in [5.41, 5.74) is 1.60. The first-order chi connectivity index (χ1) is 8.57. The first-order valence-electron chi connectivity index (χ1n) is 5.02. The second-order valence-corrected chi connectivity index (χ2v) is 7.05. The van der Waals surface area contributed by atoms with E-state index in [0.717, 1.165) is 4.88 Å². The van der Waals surface area contributed by atoms with E-state index in [1.54, 1.807) is 0 Å². The van der Waals surface area contributed by atoms with Crippen LogP contribution in [0.1, 0.15) is 15.4 Å². The fourth-order valence-electron chi connectivity index (χ4n) is 1.26. The molecule has 0 aromatic carbocycles. The zero-order chi connectivity index (χ0) is 13.0. The van der Waals surface area contributed by atoms with Crippen LogP contribution in [0.25, 0.3) is 0 Å². The molecule has 2 aromatic heterocycles. The lowest BCUT2D eigenvalue weighted by atomic mass is 10.4. The van der Waals surface area contributed by atoms with Gasteiger partial charge in [0, 0.05) is 10.3 Å². The monoisotopic (exact) mass is 302 g/mol. The number of carbonyl (C=O) groups excluding carboxylic acids is 1. The molecular weight excluding hydrogens is 292 g/mol. The van der Waals surface area contributed by atoms with E-state index in [4.69, 9.17) is 0 Å². The Balaban J connectivity index is 1.93. The molecule has 0 bridgehead atoms. The molecule has 2 rings (SSSR count). The van der Waals surface area contributed by atoms with Crippen LogP contribution in [0.2, 0.25) is 0 Å². The van der Waals surface area contributed by atoms with Crippen molar-refractivity contribution in [1.29, 1.82) is 0 Å². The maximum absolute atomic E-state index is 11.7. The van der Waals surface area contributed by atoms with Crippen molar-refractivity contribution in [1.82, 2.24) is 9.71 Å². The normalized spacial score (nSPS) is 11.3. The number of hydrogen-bond donors (Lipinski definition) is 1. The van der Waals surface area contributed by atoms with Crippen LogP contribution in [0.4, 0.5) is 0 Å². The lowest BCUT2D eigenvalue weighted by molar-refractivity contribution is 0.0977. The van der Waals surface area contributed by atoms with Crippen molar-refractivity contribution < 1.29 is 13.2 Å². The number of aryl methyl sites for hydroxylation is 1. The van der Waals surface area contributed by atoms with Crippen molar-refractivity contribution in [3.8, 4) is 0 Å². The van der Waals surface area contributed by atoms with E-state index in [0.29, 0.717) is 6.42 Å². The average molecular weight is 302 g/mol. The molecule has 18 heavy (non-hydrogen) atoms. The Morgan fingerprint density at radius 2 is 2.28 bits per heavy atom. The van der Waals surface area contributed by atoms with Gasteiger partial charge in [0.15, 0.2) is 0 Å². The van der Waals surface area contributed by atoms with Gasteiger partial charge in [0.1, 0.15) is 5.69 Å². The molecule has 5 nitrogen and oxygen atoms in total. The van der Waals surface area contributed by atoms with Crippen LogP contribution >= 0.6 is 22.7 Å². The highest BCUT2D eigenvalue weighted by molar-refractivity contribution is 7.90. The number of thiophene rings is 1. The molecule has 8 heteroatoms. The fourth-order valence-corrected chi connectivity index (χ4v) is 3.61. The number of amides is 1. The summed E-state index contributed by atoms with van der Waals surface area (Å²) in [7, 11) is -3.61. The van der Waals surface area contributed by atoms with Crippen LogP contribution in [0.15, 0.2) is 28.4 Å². The van der Waals surface area contributed by atoms with Gasteiger partial charge in [0.05, 0.1) is 11.3 Å². The van der Waals surface area contributed by atoms with E-state index in [2.05, 4.69) is 4.98 Å². The van der Waals surface area contributed by atoms with Gasteiger partial charge in [0.25, 0.3) is 5.91 Å². The quantitative estimate of drug-likeness (QED) is 0.908. The van der Waals surface area contributed by atoms with E-state index >= 15 is 0 Å². The first-order valence-corrected chi connectivity index (χ1v) is 8.50. The number of nitrogens with zero attached hydrogens (tertiary/aromatic N) is 1. The zero-order valence-electron chi connectivity index (χ0n) is 9.20. The minimum Gasteiger partial charge on any atom is -0.266 e. The van der Waals surface area contributed by atoms with Gasteiger partial charge in [-0.1, -0.05) is 6.07 Å². The predicted octanol–water partition coefficient (Wildman–Crippen LogP) is 1.51. The van der Waals surface area contributed by atoms with E-state index < -0.39 is 15.9 Å². The van der Waals surface area contributed by atoms with Crippen molar-refractivity contribution in [2.75, 3.05) is 5.75 Å². The van der Waals surface area contributed by atoms with E-state index in [1.807, 2.05) is 22.2 Å². The van der Waals surface area contributed by atoms with Gasteiger partial charge in [-0.15, -0.1) is 22.7 Å². The number of hydrogen-bond acceptors (Lipinski definition) is 6. The summed E-state index contributed by atoms with van der Waals surface area (Å²) in [6, 6.07) is 3.73. The topological polar surface area (TPSA) is 76.1 Å².